The molecule has 0 spiro atoms. The number of fused-ring (bicyclic) bond motifs is 1. The molecule has 0 atom stereocenters. The van der Waals surface area contributed by atoms with Crippen LogP contribution in [0.15, 0.2) is 10.9 Å². The van der Waals surface area contributed by atoms with Crippen molar-refractivity contribution in [3.05, 3.63) is 22.1 Å². The van der Waals surface area contributed by atoms with Gasteiger partial charge in [0.2, 0.25) is 5.95 Å². The lowest BCUT2D eigenvalue weighted by atomic mass is 10.3. The third-order valence-electron chi connectivity index (χ3n) is 4.13. The molecule has 0 saturated heterocycles. The van der Waals surface area contributed by atoms with Crippen molar-refractivity contribution in [2.75, 3.05) is 38.8 Å². The Hall–Kier alpha value is -2.42. The first kappa shape index (κ1) is 17.4. The van der Waals surface area contributed by atoms with E-state index < -0.39 is 5.97 Å². The largest absolute Gasteiger partial charge is 0.465 e. The van der Waals surface area contributed by atoms with Gasteiger partial charge in [-0.3, -0.25) is 9.59 Å². The highest BCUT2D eigenvalue weighted by Gasteiger charge is 2.28. The van der Waals surface area contributed by atoms with Gasteiger partial charge in [0.05, 0.1) is 18.9 Å². The SMILES string of the molecule is CCOC(=O)Cn1nc(N(C)CCOC)n2nc(C3CC3)cc2c1=O. The van der Waals surface area contributed by atoms with Gasteiger partial charge in [0, 0.05) is 26.6 Å². The molecule has 2 aromatic heterocycles. The summed E-state index contributed by atoms with van der Waals surface area (Å²) in [6.07, 6.45) is 2.17. The highest BCUT2D eigenvalue weighted by Crippen LogP contribution is 2.39. The predicted octanol–water partition coefficient (Wildman–Crippen LogP) is 0.414. The lowest BCUT2D eigenvalue weighted by Gasteiger charge is -2.19. The third kappa shape index (κ3) is 3.65. The Morgan fingerprint density at radius 1 is 1.40 bits per heavy atom. The van der Waals surface area contributed by atoms with E-state index in [1.165, 1.54) is 0 Å². The van der Waals surface area contributed by atoms with Crippen molar-refractivity contribution < 1.29 is 14.3 Å². The molecule has 1 fully saturated rings. The van der Waals surface area contributed by atoms with Crippen LogP contribution in [0.3, 0.4) is 0 Å². The first-order valence-corrected chi connectivity index (χ1v) is 8.41. The molecule has 0 amide bonds. The molecule has 1 aliphatic rings. The molecule has 136 valence electrons. The molecule has 2 heterocycles. The molecule has 0 bridgehead atoms. The fourth-order valence-electron chi connectivity index (χ4n) is 2.61. The van der Waals surface area contributed by atoms with Crippen LogP contribution in [-0.4, -0.2) is 59.3 Å². The molecule has 0 aliphatic heterocycles. The fourth-order valence-corrected chi connectivity index (χ4v) is 2.61. The minimum Gasteiger partial charge on any atom is -0.465 e. The first-order valence-electron chi connectivity index (χ1n) is 8.41. The van der Waals surface area contributed by atoms with Gasteiger partial charge >= 0.3 is 5.97 Å². The molecule has 1 aliphatic carbocycles. The van der Waals surface area contributed by atoms with E-state index in [-0.39, 0.29) is 18.7 Å². The van der Waals surface area contributed by atoms with E-state index >= 15 is 0 Å². The topological polar surface area (TPSA) is 91.0 Å². The van der Waals surface area contributed by atoms with E-state index in [1.807, 2.05) is 11.9 Å². The van der Waals surface area contributed by atoms with Crippen molar-refractivity contribution in [2.24, 2.45) is 0 Å². The number of likely N-dealkylation sites (N-methyl/N-ethyl adjacent to an activating group) is 1. The van der Waals surface area contributed by atoms with Crippen LogP contribution in [0.25, 0.3) is 5.52 Å². The number of methoxy groups -OCH3 is 1. The molecular formula is C16H23N5O4. The maximum absolute atomic E-state index is 12.7. The number of carbonyl (C=O) groups is 1. The number of ether oxygens (including phenoxy) is 2. The summed E-state index contributed by atoms with van der Waals surface area (Å²) in [5.74, 6) is 0.409. The predicted molar refractivity (Wildman–Crippen MR) is 91.0 cm³/mol. The standard InChI is InChI=1S/C16H23N5O4/c1-4-25-14(22)10-20-15(23)13-9-12(11-5-6-11)17-21(13)16(18-20)19(2)7-8-24-3/h9,11H,4-8,10H2,1-3H3. The molecule has 9 heteroatoms. The molecule has 1 saturated carbocycles. The van der Waals surface area contributed by atoms with Crippen LogP contribution >= 0.6 is 0 Å². The van der Waals surface area contributed by atoms with Gasteiger partial charge in [0.1, 0.15) is 12.1 Å². The van der Waals surface area contributed by atoms with Gasteiger partial charge in [-0.1, -0.05) is 0 Å². The van der Waals surface area contributed by atoms with Crippen LogP contribution in [0, 0.1) is 0 Å². The molecule has 0 unspecified atom stereocenters. The Morgan fingerprint density at radius 2 is 2.16 bits per heavy atom. The summed E-state index contributed by atoms with van der Waals surface area (Å²) < 4.78 is 12.8. The van der Waals surface area contributed by atoms with Crippen LogP contribution in [0.4, 0.5) is 5.95 Å². The van der Waals surface area contributed by atoms with E-state index in [2.05, 4.69) is 10.2 Å². The number of carbonyl (C=O) groups excluding carboxylic acids is 1. The number of rotatable bonds is 8. The second-order valence-electron chi connectivity index (χ2n) is 6.12. The maximum Gasteiger partial charge on any atom is 0.327 e. The molecule has 3 rings (SSSR count). The van der Waals surface area contributed by atoms with E-state index in [4.69, 9.17) is 9.47 Å². The van der Waals surface area contributed by atoms with Gasteiger partial charge in [0.25, 0.3) is 5.56 Å². The second-order valence-corrected chi connectivity index (χ2v) is 6.12. The van der Waals surface area contributed by atoms with Crippen LogP contribution < -0.4 is 10.5 Å². The van der Waals surface area contributed by atoms with Crippen LogP contribution in [0.2, 0.25) is 0 Å². The lowest BCUT2D eigenvalue weighted by molar-refractivity contribution is -0.144. The number of aromatic nitrogens is 4. The molecule has 0 radical (unpaired) electrons. The minimum absolute atomic E-state index is 0.224. The zero-order valence-corrected chi connectivity index (χ0v) is 14.8. The van der Waals surface area contributed by atoms with Crippen LogP contribution in [0.5, 0.6) is 0 Å². The zero-order valence-electron chi connectivity index (χ0n) is 14.8. The Bertz CT molecular complexity index is 824. The molecule has 25 heavy (non-hydrogen) atoms. The highest BCUT2D eigenvalue weighted by atomic mass is 16.5. The van der Waals surface area contributed by atoms with Crippen molar-refractivity contribution in [3.63, 3.8) is 0 Å². The van der Waals surface area contributed by atoms with E-state index in [0.717, 1.165) is 23.2 Å². The first-order chi connectivity index (χ1) is 12.0. The van der Waals surface area contributed by atoms with Gasteiger partial charge < -0.3 is 14.4 Å². The van der Waals surface area contributed by atoms with Gasteiger partial charge in [-0.25, -0.2) is 4.68 Å². The summed E-state index contributed by atoms with van der Waals surface area (Å²) in [6, 6.07) is 1.80. The van der Waals surface area contributed by atoms with E-state index in [9.17, 15) is 9.59 Å². The summed E-state index contributed by atoms with van der Waals surface area (Å²) in [5.41, 5.74) is 0.964. The normalized spacial score (nSPS) is 14.0. The van der Waals surface area contributed by atoms with E-state index in [0.29, 0.717) is 30.5 Å². The fraction of sp³-hybridized carbons (Fsp3) is 0.625. The van der Waals surface area contributed by atoms with Crippen LogP contribution in [-0.2, 0) is 20.8 Å². The van der Waals surface area contributed by atoms with Crippen molar-refractivity contribution in [1.82, 2.24) is 19.4 Å². The van der Waals surface area contributed by atoms with Crippen LogP contribution in [0.1, 0.15) is 31.4 Å². The second kappa shape index (κ2) is 7.22. The Balaban J connectivity index is 2.05. The summed E-state index contributed by atoms with van der Waals surface area (Å²) in [4.78, 5) is 26.3. The molecule has 9 nitrogen and oxygen atoms in total. The number of esters is 1. The molecule has 0 N–H and O–H groups in total. The molecular weight excluding hydrogens is 326 g/mol. The van der Waals surface area contributed by atoms with Gasteiger partial charge in [-0.05, 0) is 25.8 Å². The summed E-state index contributed by atoms with van der Waals surface area (Å²) in [7, 11) is 3.47. The average molecular weight is 349 g/mol. The Kier molecular flexibility index (Phi) is 5.03. The van der Waals surface area contributed by atoms with Crippen molar-refractivity contribution in [1.29, 1.82) is 0 Å². The van der Waals surface area contributed by atoms with Gasteiger partial charge in [-0.2, -0.15) is 9.61 Å². The number of hydrogen-bond donors (Lipinski definition) is 0. The Labute approximate surface area is 145 Å². The van der Waals surface area contributed by atoms with Crippen molar-refractivity contribution in [2.45, 2.75) is 32.2 Å². The number of anilines is 1. The molecule has 2 aromatic rings. The lowest BCUT2D eigenvalue weighted by Crippen LogP contribution is -2.34. The van der Waals surface area contributed by atoms with Crippen molar-refractivity contribution >= 4 is 17.4 Å². The maximum atomic E-state index is 12.7. The average Bonchev–Trinajstić information content (AvgIpc) is 3.34. The minimum atomic E-state index is -0.492. The number of nitrogens with zero attached hydrogens (tertiary/aromatic N) is 5. The highest BCUT2D eigenvalue weighted by molar-refractivity contribution is 5.69. The zero-order chi connectivity index (χ0) is 18.0. The summed E-state index contributed by atoms with van der Waals surface area (Å²) in [5, 5.41) is 8.91. The van der Waals surface area contributed by atoms with Crippen molar-refractivity contribution in [3.8, 4) is 0 Å². The van der Waals surface area contributed by atoms with Gasteiger partial charge in [0.15, 0.2) is 0 Å². The molecule has 0 aromatic carbocycles. The van der Waals surface area contributed by atoms with Gasteiger partial charge in [-0.15, -0.1) is 5.10 Å². The monoisotopic (exact) mass is 349 g/mol. The summed E-state index contributed by atoms with van der Waals surface area (Å²) in [6.45, 7) is 2.84. The summed E-state index contributed by atoms with van der Waals surface area (Å²) >= 11 is 0. The third-order valence-corrected chi connectivity index (χ3v) is 4.13. The smallest absolute Gasteiger partial charge is 0.327 e. The quantitative estimate of drug-likeness (QED) is 0.638. The Morgan fingerprint density at radius 3 is 2.80 bits per heavy atom. The van der Waals surface area contributed by atoms with E-state index in [1.54, 1.807) is 24.6 Å². The number of hydrogen-bond acceptors (Lipinski definition) is 7.